The third-order valence-electron chi connectivity index (χ3n) is 6.24. The highest BCUT2D eigenvalue weighted by molar-refractivity contribution is 9.10. The second-order valence-corrected chi connectivity index (χ2v) is 9.70. The lowest BCUT2D eigenvalue weighted by Crippen LogP contribution is -2.36. The van der Waals surface area contributed by atoms with Gasteiger partial charge in [0.05, 0.1) is 6.54 Å². The van der Waals surface area contributed by atoms with Crippen LogP contribution in [-0.4, -0.2) is 51.9 Å². The first-order valence-corrected chi connectivity index (χ1v) is 12.5. The van der Waals surface area contributed by atoms with Gasteiger partial charge < -0.3 is 15.5 Å². The standard InChI is InChI=1S/C25H28BrN7O/c26-20-8-7-19-15-33(12-9-18(19)13-20)25-28-17-27-24(31-25)30-22-6-4-5-21(14-22)29-23(34)16-32-10-2-1-3-11-32/h4-8,13-14,17H,1-3,9-12,15-16H2,(H,29,34)(H,27,28,30,31). The van der Waals surface area contributed by atoms with Gasteiger partial charge in [-0.15, -0.1) is 0 Å². The van der Waals surface area contributed by atoms with Crippen molar-refractivity contribution in [1.82, 2.24) is 19.9 Å². The van der Waals surface area contributed by atoms with Crippen molar-refractivity contribution in [3.8, 4) is 0 Å². The Morgan fingerprint density at radius 3 is 2.71 bits per heavy atom. The number of anilines is 4. The smallest absolute Gasteiger partial charge is 0.238 e. The minimum Gasteiger partial charge on any atom is -0.336 e. The molecule has 1 amide bonds. The maximum atomic E-state index is 12.5. The fourth-order valence-electron chi connectivity index (χ4n) is 4.52. The number of hydrogen-bond acceptors (Lipinski definition) is 7. The first-order valence-electron chi connectivity index (χ1n) is 11.7. The lowest BCUT2D eigenvalue weighted by molar-refractivity contribution is -0.117. The Labute approximate surface area is 207 Å². The number of nitrogens with one attached hydrogen (secondary N) is 2. The summed E-state index contributed by atoms with van der Waals surface area (Å²) in [6.07, 6.45) is 6.08. The van der Waals surface area contributed by atoms with Gasteiger partial charge in [-0.25, -0.2) is 9.97 Å². The van der Waals surface area contributed by atoms with Crippen LogP contribution in [0.1, 0.15) is 30.4 Å². The molecule has 0 unspecified atom stereocenters. The summed E-state index contributed by atoms with van der Waals surface area (Å²) >= 11 is 3.55. The van der Waals surface area contributed by atoms with E-state index >= 15 is 0 Å². The average molecular weight is 522 g/mol. The predicted molar refractivity (Wildman–Crippen MR) is 137 cm³/mol. The molecule has 0 bridgehead atoms. The second kappa shape index (κ2) is 10.5. The van der Waals surface area contributed by atoms with Crippen molar-refractivity contribution in [2.45, 2.75) is 32.2 Å². The number of amides is 1. The van der Waals surface area contributed by atoms with Crippen molar-refractivity contribution in [2.24, 2.45) is 0 Å². The zero-order valence-electron chi connectivity index (χ0n) is 19.0. The van der Waals surface area contributed by atoms with Crippen LogP contribution in [0.3, 0.4) is 0 Å². The number of rotatable bonds is 6. The van der Waals surface area contributed by atoms with Crippen molar-refractivity contribution in [3.63, 3.8) is 0 Å². The molecule has 9 heteroatoms. The van der Waals surface area contributed by atoms with Gasteiger partial charge in [0.1, 0.15) is 6.33 Å². The molecule has 1 fully saturated rings. The molecule has 3 aromatic rings. The summed E-state index contributed by atoms with van der Waals surface area (Å²) in [6, 6.07) is 14.0. The van der Waals surface area contributed by atoms with E-state index in [1.165, 1.54) is 36.7 Å². The van der Waals surface area contributed by atoms with Crippen LogP contribution in [0.2, 0.25) is 0 Å². The predicted octanol–water partition coefficient (Wildman–Crippen LogP) is 4.36. The summed E-state index contributed by atoms with van der Waals surface area (Å²) in [5.74, 6) is 1.14. The van der Waals surface area contributed by atoms with Gasteiger partial charge in [-0.05, 0) is 73.8 Å². The van der Waals surface area contributed by atoms with Crippen LogP contribution in [-0.2, 0) is 17.8 Å². The molecule has 176 valence electrons. The molecule has 3 heterocycles. The number of carbonyl (C=O) groups is 1. The fraction of sp³-hybridized carbons (Fsp3) is 0.360. The molecule has 34 heavy (non-hydrogen) atoms. The summed E-state index contributed by atoms with van der Waals surface area (Å²) < 4.78 is 1.11. The van der Waals surface area contributed by atoms with Crippen LogP contribution in [0.4, 0.5) is 23.3 Å². The quantitative estimate of drug-likeness (QED) is 0.498. The van der Waals surface area contributed by atoms with Gasteiger partial charge in [-0.3, -0.25) is 9.69 Å². The van der Waals surface area contributed by atoms with E-state index in [2.05, 4.69) is 69.5 Å². The Morgan fingerprint density at radius 2 is 1.82 bits per heavy atom. The number of halogens is 1. The van der Waals surface area contributed by atoms with Gasteiger partial charge in [0.15, 0.2) is 0 Å². The van der Waals surface area contributed by atoms with Crippen molar-refractivity contribution < 1.29 is 4.79 Å². The Hall–Kier alpha value is -3.04. The van der Waals surface area contributed by atoms with E-state index in [1.807, 2.05) is 24.3 Å². The van der Waals surface area contributed by atoms with E-state index in [0.29, 0.717) is 18.4 Å². The molecule has 8 nitrogen and oxygen atoms in total. The summed E-state index contributed by atoms with van der Waals surface area (Å²) in [6.45, 7) is 4.05. The van der Waals surface area contributed by atoms with Crippen LogP contribution >= 0.6 is 15.9 Å². The van der Waals surface area contributed by atoms with Crippen LogP contribution in [0.25, 0.3) is 0 Å². The Morgan fingerprint density at radius 1 is 0.971 bits per heavy atom. The molecule has 2 aliphatic heterocycles. The van der Waals surface area contributed by atoms with Gasteiger partial charge in [0.2, 0.25) is 17.8 Å². The Balaban J connectivity index is 1.22. The number of piperidine rings is 1. The zero-order valence-corrected chi connectivity index (χ0v) is 20.6. The topological polar surface area (TPSA) is 86.3 Å². The lowest BCUT2D eigenvalue weighted by Gasteiger charge is -2.29. The molecule has 1 saturated heterocycles. The first kappa shape index (κ1) is 22.7. The third kappa shape index (κ3) is 5.71. The summed E-state index contributed by atoms with van der Waals surface area (Å²) in [5.41, 5.74) is 4.20. The summed E-state index contributed by atoms with van der Waals surface area (Å²) in [5, 5.41) is 6.25. The molecule has 0 saturated carbocycles. The molecule has 2 N–H and O–H groups in total. The highest BCUT2D eigenvalue weighted by Gasteiger charge is 2.19. The maximum Gasteiger partial charge on any atom is 0.238 e. The largest absolute Gasteiger partial charge is 0.336 e. The highest BCUT2D eigenvalue weighted by atomic mass is 79.9. The van der Waals surface area contributed by atoms with E-state index in [4.69, 9.17) is 0 Å². The maximum absolute atomic E-state index is 12.5. The minimum atomic E-state index is 0.0129. The lowest BCUT2D eigenvalue weighted by atomic mass is 10.0. The zero-order chi connectivity index (χ0) is 23.3. The van der Waals surface area contributed by atoms with Crippen molar-refractivity contribution >= 4 is 45.1 Å². The highest BCUT2D eigenvalue weighted by Crippen LogP contribution is 2.26. The van der Waals surface area contributed by atoms with Crippen molar-refractivity contribution in [3.05, 3.63) is 64.4 Å². The number of aromatic nitrogens is 3. The van der Waals surface area contributed by atoms with E-state index in [0.717, 1.165) is 48.4 Å². The molecule has 0 radical (unpaired) electrons. The number of benzene rings is 2. The van der Waals surface area contributed by atoms with Gasteiger partial charge in [0.25, 0.3) is 0 Å². The third-order valence-corrected chi connectivity index (χ3v) is 6.73. The number of hydrogen-bond donors (Lipinski definition) is 2. The molecule has 1 aromatic heterocycles. The Bertz CT molecular complexity index is 1170. The van der Waals surface area contributed by atoms with E-state index in [9.17, 15) is 4.79 Å². The van der Waals surface area contributed by atoms with Gasteiger partial charge in [-0.2, -0.15) is 4.98 Å². The second-order valence-electron chi connectivity index (χ2n) is 8.78. The minimum absolute atomic E-state index is 0.0129. The van der Waals surface area contributed by atoms with Crippen LogP contribution in [0.5, 0.6) is 0 Å². The Kier molecular flexibility index (Phi) is 7.01. The molecule has 2 aliphatic rings. The van der Waals surface area contributed by atoms with Crippen molar-refractivity contribution in [2.75, 3.05) is 41.7 Å². The molecule has 0 aliphatic carbocycles. The molecular weight excluding hydrogens is 494 g/mol. The van der Waals surface area contributed by atoms with Crippen LogP contribution < -0.4 is 15.5 Å². The summed E-state index contributed by atoms with van der Waals surface area (Å²) in [7, 11) is 0. The molecule has 0 atom stereocenters. The molecule has 0 spiro atoms. The van der Waals surface area contributed by atoms with Crippen LogP contribution in [0.15, 0.2) is 53.3 Å². The van der Waals surface area contributed by atoms with Crippen LogP contribution in [0, 0.1) is 0 Å². The molecule has 2 aromatic carbocycles. The molecule has 5 rings (SSSR count). The number of nitrogens with zero attached hydrogens (tertiary/aromatic N) is 5. The number of fused-ring (bicyclic) bond motifs is 1. The number of carbonyl (C=O) groups excluding carboxylic acids is 1. The van der Waals surface area contributed by atoms with E-state index in [-0.39, 0.29) is 5.91 Å². The van der Waals surface area contributed by atoms with E-state index < -0.39 is 0 Å². The van der Waals surface area contributed by atoms with Crippen molar-refractivity contribution in [1.29, 1.82) is 0 Å². The average Bonchev–Trinajstić information content (AvgIpc) is 2.84. The van der Waals surface area contributed by atoms with Gasteiger partial charge in [-0.1, -0.05) is 34.5 Å². The summed E-state index contributed by atoms with van der Waals surface area (Å²) in [4.78, 5) is 30.2. The van der Waals surface area contributed by atoms with Gasteiger partial charge in [0, 0.05) is 28.9 Å². The van der Waals surface area contributed by atoms with Gasteiger partial charge >= 0.3 is 0 Å². The normalized spacial score (nSPS) is 16.1. The number of likely N-dealkylation sites (tertiary alicyclic amines) is 1. The SMILES string of the molecule is O=C(CN1CCCCC1)Nc1cccc(Nc2ncnc(N3CCc4cc(Br)ccc4C3)n2)c1. The first-order chi connectivity index (χ1) is 16.6. The van der Waals surface area contributed by atoms with E-state index in [1.54, 1.807) is 0 Å². The molecular formula is C25H28BrN7O. The fourth-order valence-corrected chi connectivity index (χ4v) is 4.93. The monoisotopic (exact) mass is 521 g/mol.